The highest BCUT2D eigenvalue weighted by atomic mass is 16.6. The second-order valence-electron chi connectivity index (χ2n) is 5.24. The van der Waals surface area contributed by atoms with Gasteiger partial charge in [0, 0.05) is 0 Å². The van der Waals surface area contributed by atoms with Crippen LogP contribution in [0.2, 0.25) is 0 Å². The van der Waals surface area contributed by atoms with Gasteiger partial charge in [-0.05, 0) is 32.1 Å². The van der Waals surface area contributed by atoms with E-state index < -0.39 is 0 Å². The first-order chi connectivity index (χ1) is 8.88. The SMILES string of the molecule is CC/C=C\C[C@@H]1O[C@@H]1C/C=C\CCCCCCC. The van der Waals surface area contributed by atoms with E-state index in [1.54, 1.807) is 0 Å². The fourth-order valence-corrected chi connectivity index (χ4v) is 2.20. The van der Waals surface area contributed by atoms with E-state index in [0.717, 1.165) is 19.3 Å². The van der Waals surface area contributed by atoms with Gasteiger partial charge in [-0.15, -0.1) is 0 Å². The van der Waals surface area contributed by atoms with Crippen LogP contribution in [0.4, 0.5) is 0 Å². The number of allylic oxidation sites excluding steroid dienone is 2. The molecule has 0 radical (unpaired) electrons. The number of hydrogen-bond donors (Lipinski definition) is 0. The Morgan fingerprint density at radius 1 is 0.778 bits per heavy atom. The Hall–Kier alpha value is -0.560. The summed E-state index contributed by atoms with van der Waals surface area (Å²) in [5.74, 6) is 0. The van der Waals surface area contributed by atoms with Gasteiger partial charge in [0.05, 0.1) is 12.2 Å². The van der Waals surface area contributed by atoms with Gasteiger partial charge >= 0.3 is 0 Å². The van der Waals surface area contributed by atoms with Crippen LogP contribution in [0, 0.1) is 0 Å². The van der Waals surface area contributed by atoms with E-state index in [2.05, 4.69) is 38.2 Å². The van der Waals surface area contributed by atoms with E-state index >= 15 is 0 Å². The fraction of sp³-hybridized carbons (Fsp3) is 0.765. The third-order valence-corrected chi connectivity index (χ3v) is 3.47. The van der Waals surface area contributed by atoms with Crippen LogP contribution in [0.25, 0.3) is 0 Å². The van der Waals surface area contributed by atoms with Crippen molar-refractivity contribution < 1.29 is 4.74 Å². The first-order valence-corrected chi connectivity index (χ1v) is 7.84. The second-order valence-corrected chi connectivity index (χ2v) is 5.24. The molecule has 0 amide bonds. The Labute approximate surface area is 113 Å². The minimum atomic E-state index is 0.502. The Bertz CT molecular complexity index is 242. The Morgan fingerprint density at radius 2 is 1.44 bits per heavy atom. The highest BCUT2D eigenvalue weighted by Crippen LogP contribution is 2.29. The van der Waals surface area contributed by atoms with Crippen molar-refractivity contribution in [3.63, 3.8) is 0 Å². The molecule has 0 bridgehead atoms. The molecule has 0 N–H and O–H groups in total. The summed E-state index contributed by atoms with van der Waals surface area (Å²) in [5, 5.41) is 0. The zero-order valence-corrected chi connectivity index (χ0v) is 12.2. The number of unbranched alkanes of at least 4 members (excludes halogenated alkanes) is 5. The van der Waals surface area contributed by atoms with Crippen molar-refractivity contribution in [3.05, 3.63) is 24.3 Å². The maximum Gasteiger partial charge on any atom is 0.0879 e. The van der Waals surface area contributed by atoms with Crippen LogP contribution < -0.4 is 0 Å². The van der Waals surface area contributed by atoms with Gasteiger partial charge in [0.1, 0.15) is 0 Å². The van der Waals surface area contributed by atoms with Gasteiger partial charge in [-0.1, -0.05) is 63.8 Å². The van der Waals surface area contributed by atoms with Crippen LogP contribution in [0.3, 0.4) is 0 Å². The molecule has 0 spiro atoms. The topological polar surface area (TPSA) is 12.5 Å². The van der Waals surface area contributed by atoms with Crippen LogP contribution in [-0.2, 0) is 4.74 Å². The molecular formula is C17H30O. The van der Waals surface area contributed by atoms with Crippen LogP contribution in [0.15, 0.2) is 24.3 Å². The predicted molar refractivity (Wildman–Crippen MR) is 79.8 cm³/mol. The van der Waals surface area contributed by atoms with E-state index in [0.29, 0.717) is 12.2 Å². The van der Waals surface area contributed by atoms with Gasteiger partial charge in [-0.25, -0.2) is 0 Å². The summed E-state index contributed by atoms with van der Waals surface area (Å²) in [6.45, 7) is 4.44. The molecule has 0 saturated carbocycles. The molecule has 1 aliphatic heterocycles. The zero-order valence-electron chi connectivity index (χ0n) is 12.2. The van der Waals surface area contributed by atoms with E-state index in [9.17, 15) is 0 Å². The van der Waals surface area contributed by atoms with Crippen molar-refractivity contribution >= 4 is 0 Å². The molecule has 18 heavy (non-hydrogen) atoms. The van der Waals surface area contributed by atoms with E-state index in [1.807, 2.05) is 0 Å². The summed E-state index contributed by atoms with van der Waals surface area (Å²) in [7, 11) is 0. The third kappa shape index (κ3) is 7.71. The van der Waals surface area contributed by atoms with Gasteiger partial charge in [-0.3, -0.25) is 0 Å². The molecule has 0 aromatic heterocycles. The summed E-state index contributed by atoms with van der Waals surface area (Å²) < 4.78 is 5.62. The molecule has 1 fully saturated rings. The van der Waals surface area contributed by atoms with Crippen molar-refractivity contribution in [2.45, 2.75) is 83.8 Å². The molecular weight excluding hydrogens is 220 g/mol. The van der Waals surface area contributed by atoms with Crippen LogP contribution in [0.1, 0.15) is 71.6 Å². The monoisotopic (exact) mass is 250 g/mol. The molecule has 1 saturated heterocycles. The van der Waals surface area contributed by atoms with Crippen molar-refractivity contribution in [2.24, 2.45) is 0 Å². The fourth-order valence-electron chi connectivity index (χ4n) is 2.20. The smallest absolute Gasteiger partial charge is 0.0879 e. The van der Waals surface area contributed by atoms with Crippen molar-refractivity contribution in [2.75, 3.05) is 0 Å². The summed E-state index contributed by atoms with van der Waals surface area (Å²) in [4.78, 5) is 0. The normalized spacial score (nSPS) is 23.2. The Kier molecular flexibility index (Phi) is 8.93. The third-order valence-electron chi connectivity index (χ3n) is 3.47. The van der Waals surface area contributed by atoms with Crippen molar-refractivity contribution in [3.8, 4) is 0 Å². The molecule has 1 rings (SSSR count). The van der Waals surface area contributed by atoms with Gasteiger partial charge in [-0.2, -0.15) is 0 Å². The molecule has 2 atom stereocenters. The van der Waals surface area contributed by atoms with E-state index in [4.69, 9.17) is 4.74 Å². The lowest BCUT2D eigenvalue weighted by Crippen LogP contribution is -1.90. The lowest BCUT2D eigenvalue weighted by atomic mass is 10.1. The quantitative estimate of drug-likeness (QED) is 0.271. The predicted octanol–water partition coefficient (Wildman–Crippen LogP) is 5.42. The minimum absolute atomic E-state index is 0.502. The summed E-state index contributed by atoms with van der Waals surface area (Å²) in [6, 6.07) is 0. The molecule has 104 valence electrons. The van der Waals surface area contributed by atoms with Gasteiger partial charge in [0.25, 0.3) is 0 Å². The molecule has 0 aromatic rings. The Morgan fingerprint density at radius 3 is 2.11 bits per heavy atom. The van der Waals surface area contributed by atoms with Gasteiger partial charge in [0.15, 0.2) is 0 Å². The van der Waals surface area contributed by atoms with Crippen molar-refractivity contribution in [1.29, 1.82) is 0 Å². The van der Waals surface area contributed by atoms with Crippen molar-refractivity contribution in [1.82, 2.24) is 0 Å². The highest BCUT2D eigenvalue weighted by Gasteiger charge is 2.35. The maximum absolute atomic E-state index is 5.62. The average Bonchev–Trinajstić information content (AvgIpc) is 3.12. The van der Waals surface area contributed by atoms with Gasteiger partial charge < -0.3 is 4.74 Å². The summed E-state index contributed by atoms with van der Waals surface area (Å²) >= 11 is 0. The molecule has 0 aromatic carbocycles. The van der Waals surface area contributed by atoms with Gasteiger partial charge in [0.2, 0.25) is 0 Å². The number of ether oxygens (including phenoxy) is 1. The van der Waals surface area contributed by atoms with E-state index in [-0.39, 0.29) is 0 Å². The molecule has 0 aliphatic carbocycles. The lowest BCUT2D eigenvalue weighted by molar-refractivity contribution is 0.372. The summed E-state index contributed by atoms with van der Waals surface area (Å²) in [5.41, 5.74) is 0. The standard InChI is InChI=1S/C17H30O/c1-3-5-7-8-9-10-11-13-15-17-16(18-17)14-12-6-4-2/h6,11-13,16-17H,3-5,7-10,14-15H2,1-2H3/b12-6-,13-11-/t16-,17+/m0/s1. The van der Waals surface area contributed by atoms with E-state index in [1.165, 1.54) is 38.5 Å². The van der Waals surface area contributed by atoms with Crippen LogP contribution in [0.5, 0.6) is 0 Å². The molecule has 1 heterocycles. The maximum atomic E-state index is 5.62. The Balaban J connectivity index is 1.88. The molecule has 1 aliphatic rings. The molecule has 1 nitrogen and oxygen atoms in total. The molecule has 0 unspecified atom stereocenters. The largest absolute Gasteiger partial charge is 0.369 e. The first-order valence-electron chi connectivity index (χ1n) is 7.84. The number of rotatable bonds is 11. The second kappa shape index (κ2) is 10.4. The minimum Gasteiger partial charge on any atom is -0.369 e. The first kappa shape index (κ1) is 15.5. The van der Waals surface area contributed by atoms with Crippen LogP contribution >= 0.6 is 0 Å². The number of epoxide rings is 1. The lowest BCUT2D eigenvalue weighted by Gasteiger charge is -1.95. The summed E-state index contributed by atoms with van der Waals surface area (Å²) in [6.07, 6.45) is 21.6. The molecule has 1 heteroatoms. The van der Waals surface area contributed by atoms with Crippen LogP contribution in [-0.4, -0.2) is 12.2 Å². The average molecular weight is 250 g/mol. The highest BCUT2D eigenvalue weighted by molar-refractivity contribution is 4.97. The zero-order chi connectivity index (χ0) is 13.1. The number of hydrogen-bond acceptors (Lipinski definition) is 1.